The van der Waals surface area contributed by atoms with Gasteiger partial charge in [0.15, 0.2) is 0 Å². The topological polar surface area (TPSA) is 22.1 Å². The van der Waals surface area contributed by atoms with E-state index in [0.29, 0.717) is 0 Å². The van der Waals surface area contributed by atoms with Gasteiger partial charge in [-0.25, -0.2) is 0 Å². The van der Waals surface area contributed by atoms with Crippen LogP contribution in [0.4, 0.5) is 0 Å². The lowest BCUT2D eigenvalue weighted by Crippen LogP contribution is -1.95. The van der Waals surface area contributed by atoms with Crippen LogP contribution in [0.5, 0.6) is 5.75 Å². The molecule has 2 aromatic carbocycles. The van der Waals surface area contributed by atoms with Crippen LogP contribution >= 0.6 is 0 Å². The lowest BCUT2D eigenvalue weighted by molar-refractivity contribution is 0.309. The highest BCUT2D eigenvalue weighted by Gasteiger charge is 2.02. The minimum absolute atomic E-state index is 0.786. The standard InChI is InChI=1S/C22H23NO/c1-3-4-15-24-21-12-10-19(11-13-21)18-6-8-20(9-7-18)22-14-5-17(2)16-23-22/h5-14,16H,3-4,15H2,1-2H3. The summed E-state index contributed by atoms with van der Waals surface area (Å²) in [5.41, 5.74) is 5.72. The zero-order valence-corrected chi connectivity index (χ0v) is 14.3. The minimum atomic E-state index is 0.786. The first-order valence-corrected chi connectivity index (χ1v) is 8.52. The van der Waals surface area contributed by atoms with Crippen molar-refractivity contribution in [2.75, 3.05) is 6.61 Å². The average molecular weight is 317 g/mol. The van der Waals surface area contributed by atoms with Gasteiger partial charge in [-0.2, -0.15) is 0 Å². The summed E-state index contributed by atoms with van der Waals surface area (Å²) in [6, 6.07) is 21.0. The molecule has 2 nitrogen and oxygen atoms in total. The van der Waals surface area contributed by atoms with Crippen molar-refractivity contribution in [3.8, 4) is 28.1 Å². The van der Waals surface area contributed by atoms with E-state index >= 15 is 0 Å². The first-order valence-electron chi connectivity index (χ1n) is 8.52. The fourth-order valence-corrected chi connectivity index (χ4v) is 2.55. The molecule has 0 saturated heterocycles. The van der Waals surface area contributed by atoms with Crippen molar-refractivity contribution in [2.24, 2.45) is 0 Å². The maximum atomic E-state index is 5.72. The lowest BCUT2D eigenvalue weighted by Gasteiger charge is -2.08. The van der Waals surface area contributed by atoms with E-state index < -0.39 is 0 Å². The van der Waals surface area contributed by atoms with Gasteiger partial charge in [0.1, 0.15) is 5.75 Å². The Balaban J connectivity index is 1.72. The Morgan fingerprint density at radius 2 is 1.42 bits per heavy atom. The summed E-state index contributed by atoms with van der Waals surface area (Å²) in [5.74, 6) is 0.938. The van der Waals surface area contributed by atoms with Gasteiger partial charge in [0.2, 0.25) is 0 Å². The molecule has 2 heteroatoms. The van der Waals surface area contributed by atoms with Gasteiger partial charge in [0.05, 0.1) is 12.3 Å². The van der Waals surface area contributed by atoms with E-state index in [1.165, 1.54) is 16.7 Å². The first kappa shape index (κ1) is 16.3. The molecule has 3 rings (SSSR count). The second-order valence-corrected chi connectivity index (χ2v) is 6.02. The number of nitrogens with zero attached hydrogens (tertiary/aromatic N) is 1. The molecule has 24 heavy (non-hydrogen) atoms. The molecule has 1 aromatic heterocycles. The number of aromatic nitrogens is 1. The van der Waals surface area contributed by atoms with Crippen LogP contribution in [0, 0.1) is 6.92 Å². The molecule has 0 radical (unpaired) electrons. The first-order chi connectivity index (χ1) is 11.8. The van der Waals surface area contributed by atoms with E-state index in [4.69, 9.17) is 4.74 Å². The molecule has 0 atom stereocenters. The summed E-state index contributed by atoms with van der Waals surface area (Å²) < 4.78 is 5.72. The van der Waals surface area contributed by atoms with Crippen LogP contribution in [-0.2, 0) is 0 Å². The van der Waals surface area contributed by atoms with Crippen molar-refractivity contribution >= 4 is 0 Å². The second kappa shape index (κ2) is 7.78. The van der Waals surface area contributed by atoms with Crippen LogP contribution < -0.4 is 4.74 Å². The summed E-state index contributed by atoms with van der Waals surface area (Å²) in [5, 5.41) is 0. The van der Waals surface area contributed by atoms with E-state index in [9.17, 15) is 0 Å². The van der Waals surface area contributed by atoms with Crippen LogP contribution in [0.25, 0.3) is 22.4 Å². The van der Waals surface area contributed by atoms with E-state index in [2.05, 4.69) is 67.4 Å². The van der Waals surface area contributed by atoms with Crippen molar-refractivity contribution in [3.63, 3.8) is 0 Å². The highest BCUT2D eigenvalue weighted by molar-refractivity contribution is 5.69. The zero-order chi connectivity index (χ0) is 16.8. The molecule has 0 aliphatic carbocycles. The predicted octanol–water partition coefficient (Wildman–Crippen LogP) is 5.90. The molecule has 0 bridgehead atoms. The minimum Gasteiger partial charge on any atom is -0.494 e. The third kappa shape index (κ3) is 4.02. The molecular formula is C22H23NO. The molecule has 0 aliphatic rings. The van der Waals surface area contributed by atoms with Gasteiger partial charge in [-0.15, -0.1) is 0 Å². The van der Waals surface area contributed by atoms with E-state index in [1.807, 2.05) is 18.3 Å². The summed E-state index contributed by atoms with van der Waals surface area (Å²) in [7, 11) is 0. The van der Waals surface area contributed by atoms with E-state index in [-0.39, 0.29) is 0 Å². The Morgan fingerprint density at radius 1 is 0.792 bits per heavy atom. The number of rotatable bonds is 6. The number of pyridine rings is 1. The Morgan fingerprint density at radius 3 is 2.00 bits per heavy atom. The Labute approximate surface area is 144 Å². The predicted molar refractivity (Wildman–Crippen MR) is 100 cm³/mol. The fraction of sp³-hybridized carbons (Fsp3) is 0.227. The number of hydrogen-bond acceptors (Lipinski definition) is 2. The number of unbranched alkanes of at least 4 members (excludes halogenated alkanes) is 1. The molecule has 3 aromatic rings. The molecule has 0 aliphatic heterocycles. The normalized spacial score (nSPS) is 10.6. The molecule has 0 spiro atoms. The largest absolute Gasteiger partial charge is 0.494 e. The SMILES string of the molecule is CCCCOc1ccc(-c2ccc(-c3ccc(C)cn3)cc2)cc1. The molecule has 0 fully saturated rings. The van der Waals surface area contributed by atoms with Gasteiger partial charge in [-0.1, -0.05) is 55.8 Å². The quantitative estimate of drug-likeness (QED) is 0.528. The summed E-state index contributed by atoms with van der Waals surface area (Å²) in [4.78, 5) is 4.48. The van der Waals surface area contributed by atoms with Gasteiger partial charge >= 0.3 is 0 Å². The Kier molecular flexibility index (Phi) is 5.27. The van der Waals surface area contributed by atoms with E-state index in [1.54, 1.807) is 0 Å². The fourth-order valence-electron chi connectivity index (χ4n) is 2.55. The third-order valence-corrected chi connectivity index (χ3v) is 4.05. The number of ether oxygens (including phenoxy) is 1. The van der Waals surface area contributed by atoms with E-state index in [0.717, 1.165) is 36.5 Å². The van der Waals surface area contributed by atoms with Crippen LogP contribution in [0.3, 0.4) is 0 Å². The Hall–Kier alpha value is -2.61. The van der Waals surface area contributed by atoms with Crippen LogP contribution in [0.15, 0.2) is 66.9 Å². The molecular weight excluding hydrogens is 294 g/mol. The second-order valence-electron chi connectivity index (χ2n) is 6.02. The van der Waals surface area contributed by atoms with Crippen molar-refractivity contribution in [3.05, 3.63) is 72.4 Å². The molecule has 0 unspecified atom stereocenters. The zero-order valence-electron chi connectivity index (χ0n) is 14.3. The number of aryl methyl sites for hydroxylation is 1. The summed E-state index contributed by atoms with van der Waals surface area (Å²) in [6.45, 7) is 5.01. The highest BCUT2D eigenvalue weighted by atomic mass is 16.5. The molecule has 122 valence electrons. The lowest BCUT2D eigenvalue weighted by atomic mass is 10.0. The smallest absolute Gasteiger partial charge is 0.119 e. The van der Waals surface area contributed by atoms with Crippen LogP contribution in [-0.4, -0.2) is 11.6 Å². The van der Waals surface area contributed by atoms with Crippen molar-refractivity contribution < 1.29 is 4.74 Å². The highest BCUT2D eigenvalue weighted by Crippen LogP contribution is 2.25. The molecule has 0 saturated carbocycles. The third-order valence-electron chi connectivity index (χ3n) is 4.05. The van der Waals surface area contributed by atoms with Gasteiger partial charge in [-0.3, -0.25) is 4.98 Å². The summed E-state index contributed by atoms with van der Waals surface area (Å²) >= 11 is 0. The maximum absolute atomic E-state index is 5.72. The number of benzene rings is 2. The van der Waals surface area contributed by atoms with Gasteiger partial charge in [0, 0.05) is 11.8 Å². The Bertz CT molecular complexity index is 759. The maximum Gasteiger partial charge on any atom is 0.119 e. The summed E-state index contributed by atoms with van der Waals surface area (Å²) in [6.07, 6.45) is 4.15. The van der Waals surface area contributed by atoms with Gasteiger partial charge in [-0.05, 0) is 48.2 Å². The average Bonchev–Trinajstić information content (AvgIpc) is 2.63. The monoisotopic (exact) mass is 317 g/mol. The number of hydrogen-bond donors (Lipinski definition) is 0. The van der Waals surface area contributed by atoms with Crippen LogP contribution in [0.2, 0.25) is 0 Å². The van der Waals surface area contributed by atoms with Gasteiger partial charge in [0.25, 0.3) is 0 Å². The van der Waals surface area contributed by atoms with Crippen molar-refractivity contribution in [1.29, 1.82) is 0 Å². The molecule has 0 amide bonds. The van der Waals surface area contributed by atoms with Crippen molar-refractivity contribution in [1.82, 2.24) is 4.98 Å². The van der Waals surface area contributed by atoms with Crippen molar-refractivity contribution in [2.45, 2.75) is 26.7 Å². The molecule has 1 heterocycles. The van der Waals surface area contributed by atoms with Gasteiger partial charge < -0.3 is 4.74 Å². The molecule has 0 N–H and O–H groups in total. The van der Waals surface area contributed by atoms with Crippen LogP contribution in [0.1, 0.15) is 25.3 Å².